The fraction of sp³-hybridized carbons (Fsp3) is 0.771. The number of carbonyl (C=O) groups is 3. The van der Waals surface area contributed by atoms with E-state index < -0.39 is 24.2 Å². The quantitative estimate of drug-likeness (QED) is 0.255. The molecule has 0 bridgehead atoms. The molecule has 0 aromatic carbocycles. The molecule has 248 valence electrons. The maximum atomic E-state index is 14.1. The minimum atomic E-state index is -1.10. The van der Waals surface area contributed by atoms with Crippen molar-refractivity contribution in [2.24, 2.45) is 23.7 Å². The van der Waals surface area contributed by atoms with E-state index in [2.05, 4.69) is 10.3 Å². The summed E-state index contributed by atoms with van der Waals surface area (Å²) in [5.41, 5.74) is 0.841. The van der Waals surface area contributed by atoms with Gasteiger partial charge in [-0.25, -0.2) is 0 Å². The smallest absolute Gasteiger partial charge is 0.241 e. The summed E-state index contributed by atoms with van der Waals surface area (Å²) in [6, 6.07) is 3.10. The number of hydrogen-bond acceptors (Lipinski definition) is 6. The second-order valence-corrected chi connectivity index (χ2v) is 14.1. The Morgan fingerprint density at radius 3 is 2.16 bits per heavy atom. The first kappa shape index (κ1) is 36.0. The summed E-state index contributed by atoms with van der Waals surface area (Å²) < 4.78 is 0. The Labute approximate surface area is 265 Å². The highest BCUT2D eigenvalue weighted by Crippen LogP contribution is 2.30. The van der Waals surface area contributed by atoms with Crippen molar-refractivity contribution in [3.05, 3.63) is 30.1 Å². The van der Waals surface area contributed by atoms with Crippen LogP contribution >= 0.6 is 0 Å². The summed E-state index contributed by atoms with van der Waals surface area (Å²) in [6.07, 6.45) is 13.8. The lowest BCUT2D eigenvalue weighted by Gasteiger charge is -2.34. The molecule has 0 unspecified atom stereocenters. The van der Waals surface area contributed by atoms with Gasteiger partial charge in [0, 0.05) is 39.5 Å². The van der Waals surface area contributed by atoms with Gasteiger partial charge in [-0.15, -0.1) is 0 Å². The van der Waals surface area contributed by atoms with E-state index in [0.717, 1.165) is 56.9 Å². The molecule has 3 rings (SSSR count). The van der Waals surface area contributed by atoms with Gasteiger partial charge in [-0.3, -0.25) is 19.4 Å². The van der Waals surface area contributed by atoms with Crippen LogP contribution < -0.4 is 5.32 Å². The molecule has 0 spiro atoms. The van der Waals surface area contributed by atoms with E-state index in [1.54, 1.807) is 31.4 Å². The Morgan fingerprint density at radius 1 is 0.955 bits per heavy atom. The second-order valence-electron chi connectivity index (χ2n) is 14.1. The number of aliphatic hydroxyl groups is 2. The Balaban J connectivity index is 1.82. The SMILES string of the molecule is CC(C)C[C@H](O)[C@H](O)[C@H](CC1CCCCC1)NC(=O)[C@@H](CC(=O)N(CC(=O)N(C)C)CC1CCCCC1)Cc1cccnc1. The highest BCUT2D eigenvalue weighted by atomic mass is 16.3. The van der Waals surface area contributed by atoms with Crippen molar-refractivity contribution in [2.75, 3.05) is 27.2 Å². The summed E-state index contributed by atoms with van der Waals surface area (Å²) in [5.74, 6) is -0.450. The molecule has 1 aromatic heterocycles. The van der Waals surface area contributed by atoms with Crippen molar-refractivity contribution in [2.45, 2.75) is 122 Å². The average Bonchev–Trinajstić information content (AvgIpc) is 3.00. The minimum absolute atomic E-state index is 0.00597. The number of rotatable bonds is 16. The van der Waals surface area contributed by atoms with Gasteiger partial charge >= 0.3 is 0 Å². The highest BCUT2D eigenvalue weighted by Gasteiger charge is 2.34. The largest absolute Gasteiger partial charge is 0.390 e. The van der Waals surface area contributed by atoms with E-state index in [-0.39, 0.29) is 36.6 Å². The van der Waals surface area contributed by atoms with E-state index >= 15 is 0 Å². The van der Waals surface area contributed by atoms with Gasteiger partial charge in [-0.05, 0) is 61.5 Å². The molecule has 2 fully saturated rings. The molecule has 0 radical (unpaired) electrons. The third-order valence-electron chi connectivity index (χ3n) is 9.54. The standard InChI is InChI=1S/C35H58N4O5/c1-25(2)18-31(40)34(43)30(20-26-12-7-5-8-13-26)37-35(44)29(19-28-16-11-17-36-22-28)21-32(41)39(24-33(42)38(3)4)23-27-14-9-6-10-15-27/h11,16-17,22,25-27,29-31,34,40,43H,5-10,12-15,18-21,23-24H2,1-4H3,(H,37,44)/t29-,30+,31+,34-/m1/s1. The van der Waals surface area contributed by atoms with E-state index in [1.165, 1.54) is 17.7 Å². The van der Waals surface area contributed by atoms with Crippen molar-refractivity contribution in [3.8, 4) is 0 Å². The fourth-order valence-electron chi connectivity index (χ4n) is 6.90. The maximum absolute atomic E-state index is 14.1. The van der Waals surface area contributed by atoms with Gasteiger partial charge in [-0.2, -0.15) is 0 Å². The van der Waals surface area contributed by atoms with E-state index in [1.807, 2.05) is 26.0 Å². The first-order valence-corrected chi connectivity index (χ1v) is 17.1. The molecule has 3 N–H and O–H groups in total. The van der Waals surface area contributed by atoms with Gasteiger partial charge in [0.2, 0.25) is 17.7 Å². The molecular weight excluding hydrogens is 556 g/mol. The molecule has 2 aliphatic carbocycles. The fourth-order valence-corrected chi connectivity index (χ4v) is 6.90. The lowest BCUT2D eigenvalue weighted by atomic mass is 9.82. The van der Waals surface area contributed by atoms with Crippen LogP contribution in [0.2, 0.25) is 0 Å². The van der Waals surface area contributed by atoms with Crippen molar-refractivity contribution in [3.63, 3.8) is 0 Å². The van der Waals surface area contributed by atoms with Gasteiger partial charge in [0.25, 0.3) is 0 Å². The average molecular weight is 615 g/mol. The Morgan fingerprint density at radius 2 is 1.59 bits per heavy atom. The normalized spacial score (nSPS) is 19.2. The number of pyridine rings is 1. The van der Waals surface area contributed by atoms with Crippen LogP contribution in [0.4, 0.5) is 0 Å². The zero-order valence-corrected chi connectivity index (χ0v) is 27.6. The van der Waals surface area contributed by atoms with Gasteiger partial charge in [0.05, 0.1) is 24.6 Å². The number of hydrogen-bond donors (Lipinski definition) is 3. The summed E-state index contributed by atoms with van der Waals surface area (Å²) >= 11 is 0. The summed E-state index contributed by atoms with van der Waals surface area (Å²) in [7, 11) is 3.38. The Kier molecular flexibility index (Phi) is 15.1. The van der Waals surface area contributed by atoms with Crippen LogP contribution in [0.25, 0.3) is 0 Å². The van der Waals surface area contributed by atoms with Crippen LogP contribution in [0.5, 0.6) is 0 Å². The van der Waals surface area contributed by atoms with E-state index in [0.29, 0.717) is 37.6 Å². The molecule has 9 heteroatoms. The van der Waals surface area contributed by atoms with Crippen molar-refractivity contribution >= 4 is 17.7 Å². The number of aromatic nitrogens is 1. The van der Waals surface area contributed by atoms with E-state index in [9.17, 15) is 24.6 Å². The molecule has 9 nitrogen and oxygen atoms in total. The van der Waals surface area contributed by atoms with Gasteiger partial charge in [0.15, 0.2) is 0 Å². The first-order valence-electron chi connectivity index (χ1n) is 17.1. The Bertz CT molecular complexity index is 1010. The Hall–Kier alpha value is -2.52. The minimum Gasteiger partial charge on any atom is -0.390 e. The molecule has 44 heavy (non-hydrogen) atoms. The number of carbonyl (C=O) groups excluding carboxylic acids is 3. The predicted octanol–water partition coefficient (Wildman–Crippen LogP) is 4.35. The molecule has 4 atom stereocenters. The third-order valence-corrected chi connectivity index (χ3v) is 9.54. The molecular formula is C35H58N4O5. The summed E-state index contributed by atoms with van der Waals surface area (Å²) in [5, 5.41) is 25.3. The van der Waals surface area contributed by atoms with Crippen LogP contribution in [-0.4, -0.2) is 88.2 Å². The zero-order chi connectivity index (χ0) is 32.1. The first-order chi connectivity index (χ1) is 21.0. The number of nitrogens with zero attached hydrogens (tertiary/aromatic N) is 3. The van der Waals surface area contributed by atoms with Crippen LogP contribution in [0.1, 0.15) is 103 Å². The van der Waals surface area contributed by atoms with Crippen LogP contribution in [-0.2, 0) is 20.8 Å². The maximum Gasteiger partial charge on any atom is 0.241 e. The molecule has 3 amide bonds. The van der Waals surface area contributed by atoms with Crippen molar-refractivity contribution < 1.29 is 24.6 Å². The van der Waals surface area contributed by atoms with Crippen molar-refractivity contribution in [1.29, 1.82) is 0 Å². The molecule has 2 saturated carbocycles. The molecule has 0 saturated heterocycles. The zero-order valence-electron chi connectivity index (χ0n) is 27.6. The topological polar surface area (TPSA) is 123 Å². The second kappa shape index (κ2) is 18.4. The number of aliphatic hydroxyl groups excluding tert-OH is 2. The highest BCUT2D eigenvalue weighted by molar-refractivity contribution is 5.88. The lowest BCUT2D eigenvalue weighted by Crippen LogP contribution is -2.52. The summed E-state index contributed by atoms with van der Waals surface area (Å²) in [6.45, 7) is 4.51. The molecule has 0 aliphatic heterocycles. The lowest BCUT2D eigenvalue weighted by molar-refractivity contribution is -0.142. The van der Waals surface area contributed by atoms with Gasteiger partial charge < -0.3 is 25.3 Å². The van der Waals surface area contributed by atoms with Crippen LogP contribution in [0.3, 0.4) is 0 Å². The molecule has 1 heterocycles. The number of likely N-dealkylation sites (N-methyl/N-ethyl adjacent to an activating group) is 1. The van der Waals surface area contributed by atoms with Gasteiger partial charge in [-0.1, -0.05) is 71.3 Å². The van der Waals surface area contributed by atoms with Crippen molar-refractivity contribution in [1.82, 2.24) is 20.1 Å². The third kappa shape index (κ3) is 12.1. The van der Waals surface area contributed by atoms with Crippen LogP contribution in [0.15, 0.2) is 24.5 Å². The van der Waals surface area contributed by atoms with Gasteiger partial charge in [0.1, 0.15) is 6.10 Å². The van der Waals surface area contributed by atoms with Crippen LogP contribution in [0, 0.1) is 23.7 Å². The molecule has 2 aliphatic rings. The van der Waals surface area contributed by atoms with E-state index in [4.69, 9.17) is 0 Å². The number of amides is 3. The monoisotopic (exact) mass is 614 g/mol. The molecule has 1 aromatic rings. The summed E-state index contributed by atoms with van der Waals surface area (Å²) in [4.78, 5) is 48.1. The number of nitrogens with one attached hydrogen (secondary N) is 1. The predicted molar refractivity (Wildman–Crippen MR) is 172 cm³/mol.